The summed E-state index contributed by atoms with van der Waals surface area (Å²) >= 11 is 0. The first kappa shape index (κ1) is 16.2. The van der Waals surface area contributed by atoms with Gasteiger partial charge in [-0.2, -0.15) is 0 Å². The average molecular weight is 323 g/mol. The zero-order chi connectivity index (χ0) is 16.4. The number of methoxy groups -OCH3 is 1. The lowest BCUT2D eigenvalue weighted by Gasteiger charge is -2.36. The monoisotopic (exact) mass is 323 g/mol. The first-order valence-electron chi connectivity index (χ1n) is 7.89. The molecule has 0 aliphatic carbocycles. The summed E-state index contributed by atoms with van der Waals surface area (Å²) in [5, 5.41) is 9.61. The van der Waals surface area contributed by atoms with Crippen LogP contribution in [0.3, 0.4) is 0 Å². The summed E-state index contributed by atoms with van der Waals surface area (Å²) in [4.78, 5) is 13.8. The molecule has 1 unspecified atom stereocenters. The van der Waals surface area contributed by atoms with E-state index in [2.05, 4.69) is 4.90 Å². The molecule has 1 spiro atoms. The lowest BCUT2D eigenvalue weighted by atomic mass is 9.72. The summed E-state index contributed by atoms with van der Waals surface area (Å²) in [6.07, 6.45) is 1.56. The lowest BCUT2D eigenvalue weighted by molar-refractivity contribution is -0.146. The van der Waals surface area contributed by atoms with Gasteiger partial charge in [0.2, 0.25) is 0 Å². The molecule has 2 heterocycles. The van der Waals surface area contributed by atoms with Gasteiger partial charge >= 0.3 is 5.97 Å². The van der Waals surface area contributed by atoms with E-state index in [0.717, 1.165) is 24.9 Å². The second-order valence-corrected chi connectivity index (χ2v) is 6.49. The first-order valence-corrected chi connectivity index (χ1v) is 7.89. The van der Waals surface area contributed by atoms with Gasteiger partial charge in [-0.1, -0.05) is 6.07 Å². The Labute approximate surface area is 135 Å². The molecule has 2 fully saturated rings. The number of aliphatic carboxylic acids is 1. The van der Waals surface area contributed by atoms with Crippen molar-refractivity contribution in [2.75, 3.05) is 33.4 Å². The number of halogens is 1. The Morgan fingerprint density at radius 2 is 2.22 bits per heavy atom. The van der Waals surface area contributed by atoms with Crippen molar-refractivity contribution in [1.82, 2.24) is 4.90 Å². The molecule has 6 heteroatoms. The van der Waals surface area contributed by atoms with Gasteiger partial charge in [0.25, 0.3) is 0 Å². The quantitative estimate of drug-likeness (QED) is 0.920. The minimum Gasteiger partial charge on any atom is -0.496 e. The fraction of sp³-hybridized carbons (Fsp3) is 0.588. The van der Waals surface area contributed by atoms with E-state index in [1.165, 1.54) is 19.2 Å². The standard InChI is InChI=1S/C17H22FNO4/c1-22-15-8-13(18)3-2-12(15)9-19-10-14(16(20)21)17(11-19)4-6-23-7-5-17/h2-3,8,14H,4-7,9-11H2,1H3,(H,20,21). The molecule has 23 heavy (non-hydrogen) atoms. The van der Waals surface area contributed by atoms with Crippen molar-refractivity contribution >= 4 is 5.97 Å². The van der Waals surface area contributed by atoms with Gasteiger partial charge in [-0.3, -0.25) is 9.69 Å². The van der Waals surface area contributed by atoms with Crippen LogP contribution in [0.5, 0.6) is 5.75 Å². The topological polar surface area (TPSA) is 59.0 Å². The van der Waals surface area contributed by atoms with Crippen LogP contribution in [-0.4, -0.2) is 49.4 Å². The molecule has 0 saturated carbocycles. The Morgan fingerprint density at radius 1 is 1.48 bits per heavy atom. The predicted molar refractivity (Wildman–Crippen MR) is 81.8 cm³/mol. The van der Waals surface area contributed by atoms with E-state index in [1.54, 1.807) is 6.07 Å². The normalized spacial score (nSPS) is 24.0. The highest BCUT2D eigenvalue weighted by atomic mass is 19.1. The van der Waals surface area contributed by atoms with Gasteiger partial charge in [-0.15, -0.1) is 0 Å². The van der Waals surface area contributed by atoms with Crippen molar-refractivity contribution in [1.29, 1.82) is 0 Å². The average Bonchev–Trinajstić information content (AvgIpc) is 2.87. The van der Waals surface area contributed by atoms with Crippen molar-refractivity contribution < 1.29 is 23.8 Å². The maximum absolute atomic E-state index is 13.3. The molecule has 5 nitrogen and oxygen atoms in total. The molecular formula is C17H22FNO4. The second kappa shape index (κ2) is 6.45. The number of ether oxygens (including phenoxy) is 2. The van der Waals surface area contributed by atoms with Crippen LogP contribution >= 0.6 is 0 Å². The molecule has 3 rings (SSSR count). The molecule has 0 amide bonds. The fourth-order valence-corrected chi connectivity index (χ4v) is 3.91. The minimum absolute atomic E-state index is 0.211. The maximum Gasteiger partial charge on any atom is 0.308 e. The van der Waals surface area contributed by atoms with Gasteiger partial charge in [-0.25, -0.2) is 4.39 Å². The summed E-state index contributed by atoms with van der Waals surface area (Å²) in [6.45, 7) is 3.05. The molecule has 2 aliphatic rings. The largest absolute Gasteiger partial charge is 0.496 e. The maximum atomic E-state index is 13.3. The minimum atomic E-state index is -0.736. The second-order valence-electron chi connectivity index (χ2n) is 6.49. The summed E-state index contributed by atoms with van der Waals surface area (Å²) in [5.41, 5.74) is 0.666. The summed E-state index contributed by atoms with van der Waals surface area (Å²) in [7, 11) is 1.52. The van der Waals surface area contributed by atoms with E-state index in [1.807, 2.05) is 0 Å². The number of hydrogen-bond acceptors (Lipinski definition) is 4. The van der Waals surface area contributed by atoms with E-state index < -0.39 is 5.97 Å². The number of carboxylic acids is 1. The van der Waals surface area contributed by atoms with E-state index >= 15 is 0 Å². The number of carbonyl (C=O) groups is 1. The number of benzene rings is 1. The van der Waals surface area contributed by atoms with Crippen molar-refractivity contribution in [3.8, 4) is 5.75 Å². The molecule has 0 aromatic heterocycles. The van der Waals surface area contributed by atoms with E-state index in [0.29, 0.717) is 32.1 Å². The van der Waals surface area contributed by atoms with Gasteiger partial charge in [0.15, 0.2) is 0 Å². The first-order chi connectivity index (χ1) is 11.0. The van der Waals surface area contributed by atoms with Crippen molar-refractivity contribution in [3.63, 3.8) is 0 Å². The number of rotatable bonds is 4. The van der Waals surface area contributed by atoms with Crippen molar-refractivity contribution in [2.45, 2.75) is 19.4 Å². The SMILES string of the molecule is COc1cc(F)ccc1CN1CC(C(=O)O)C2(CCOCC2)C1. The number of carboxylic acid groups (broad SMARTS) is 1. The molecule has 1 aromatic rings. The Morgan fingerprint density at radius 3 is 2.87 bits per heavy atom. The Bertz CT molecular complexity index is 586. The molecular weight excluding hydrogens is 301 g/mol. The summed E-state index contributed by atoms with van der Waals surface area (Å²) in [6, 6.07) is 4.48. The van der Waals surface area contributed by atoms with Crippen LogP contribution in [0, 0.1) is 17.2 Å². The lowest BCUT2D eigenvalue weighted by Crippen LogP contribution is -2.40. The van der Waals surface area contributed by atoms with E-state index in [9.17, 15) is 14.3 Å². The molecule has 2 saturated heterocycles. The molecule has 2 aliphatic heterocycles. The molecule has 0 bridgehead atoms. The van der Waals surface area contributed by atoms with Crippen LogP contribution in [0.4, 0.5) is 4.39 Å². The van der Waals surface area contributed by atoms with Crippen LogP contribution in [0.1, 0.15) is 18.4 Å². The molecule has 1 atom stereocenters. The molecule has 0 radical (unpaired) electrons. The van der Waals surface area contributed by atoms with E-state index in [4.69, 9.17) is 9.47 Å². The van der Waals surface area contributed by atoms with E-state index in [-0.39, 0.29) is 17.2 Å². The highest BCUT2D eigenvalue weighted by Gasteiger charge is 2.50. The Kier molecular flexibility index (Phi) is 4.55. The summed E-state index contributed by atoms with van der Waals surface area (Å²) < 4.78 is 24.0. The van der Waals surface area contributed by atoms with Gasteiger partial charge in [-0.05, 0) is 18.9 Å². The smallest absolute Gasteiger partial charge is 0.308 e. The zero-order valence-corrected chi connectivity index (χ0v) is 13.3. The van der Waals surface area contributed by atoms with Crippen LogP contribution < -0.4 is 4.74 Å². The van der Waals surface area contributed by atoms with Crippen LogP contribution in [0.25, 0.3) is 0 Å². The third kappa shape index (κ3) is 3.19. The molecule has 1 aromatic carbocycles. The number of nitrogens with zero attached hydrogens (tertiary/aromatic N) is 1. The van der Waals surface area contributed by atoms with Crippen LogP contribution in [-0.2, 0) is 16.1 Å². The van der Waals surface area contributed by atoms with Gasteiger partial charge in [0.1, 0.15) is 11.6 Å². The van der Waals surface area contributed by atoms with Crippen molar-refractivity contribution in [2.24, 2.45) is 11.3 Å². The summed E-state index contributed by atoms with van der Waals surface area (Å²) in [5.74, 6) is -0.945. The molecule has 126 valence electrons. The number of hydrogen-bond donors (Lipinski definition) is 1. The highest BCUT2D eigenvalue weighted by molar-refractivity contribution is 5.72. The van der Waals surface area contributed by atoms with Crippen LogP contribution in [0.15, 0.2) is 18.2 Å². The Balaban J connectivity index is 1.78. The Hall–Kier alpha value is -1.66. The molecule has 1 N–H and O–H groups in total. The number of likely N-dealkylation sites (tertiary alicyclic amines) is 1. The fourth-order valence-electron chi connectivity index (χ4n) is 3.91. The van der Waals surface area contributed by atoms with Gasteiger partial charge in [0.05, 0.1) is 13.0 Å². The van der Waals surface area contributed by atoms with Crippen molar-refractivity contribution in [3.05, 3.63) is 29.6 Å². The van der Waals surface area contributed by atoms with Gasteiger partial charge in [0, 0.05) is 49.9 Å². The van der Waals surface area contributed by atoms with Gasteiger partial charge < -0.3 is 14.6 Å². The third-order valence-corrected chi connectivity index (χ3v) is 5.15. The highest BCUT2D eigenvalue weighted by Crippen LogP contribution is 2.45. The zero-order valence-electron chi connectivity index (χ0n) is 13.3. The third-order valence-electron chi connectivity index (χ3n) is 5.15. The van der Waals surface area contributed by atoms with Crippen LogP contribution in [0.2, 0.25) is 0 Å². The predicted octanol–water partition coefficient (Wildman–Crippen LogP) is 2.15.